The van der Waals surface area contributed by atoms with Gasteiger partial charge in [0.2, 0.25) is 15.9 Å². The van der Waals surface area contributed by atoms with Crippen LogP contribution in [0.15, 0.2) is 29.2 Å². The standard InChI is InChI=1S/C18H27N3O4S/c1-25-16-4-6-17(7-5-16)26(23,24)21-11-8-14(9-12-21)18(22)20-15-3-2-10-19-13-15/h4-7,14-15,19H,2-3,8-13H2,1H3,(H,20,22)/t15-/m0/s1. The Morgan fingerprint density at radius 1 is 1.19 bits per heavy atom. The molecule has 2 N–H and O–H groups in total. The van der Waals surface area contributed by atoms with Gasteiger partial charge in [0.1, 0.15) is 5.75 Å². The van der Waals surface area contributed by atoms with E-state index in [-0.39, 0.29) is 22.8 Å². The van der Waals surface area contributed by atoms with Gasteiger partial charge >= 0.3 is 0 Å². The second-order valence-corrected chi connectivity index (χ2v) is 8.84. The summed E-state index contributed by atoms with van der Waals surface area (Å²) in [6.45, 7) is 2.56. The summed E-state index contributed by atoms with van der Waals surface area (Å²) in [4.78, 5) is 12.7. The van der Waals surface area contributed by atoms with Crippen molar-refractivity contribution in [1.82, 2.24) is 14.9 Å². The van der Waals surface area contributed by atoms with E-state index < -0.39 is 10.0 Å². The third kappa shape index (κ3) is 4.36. The Morgan fingerprint density at radius 2 is 1.88 bits per heavy atom. The number of rotatable bonds is 5. The van der Waals surface area contributed by atoms with Crippen molar-refractivity contribution in [3.05, 3.63) is 24.3 Å². The molecule has 2 aliphatic heterocycles. The Bertz CT molecular complexity index is 706. The zero-order valence-electron chi connectivity index (χ0n) is 15.1. The number of hydrogen-bond donors (Lipinski definition) is 2. The van der Waals surface area contributed by atoms with E-state index in [1.54, 1.807) is 31.4 Å². The molecule has 0 aromatic heterocycles. The van der Waals surface area contributed by atoms with Crippen LogP contribution in [0.4, 0.5) is 0 Å². The largest absolute Gasteiger partial charge is 0.497 e. The van der Waals surface area contributed by atoms with E-state index >= 15 is 0 Å². The van der Waals surface area contributed by atoms with Crippen molar-refractivity contribution in [3.63, 3.8) is 0 Å². The van der Waals surface area contributed by atoms with E-state index in [4.69, 9.17) is 4.74 Å². The Balaban J connectivity index is 1.55. The highest BCUT2D eigenvalue weighted by Crippen LogP contribution is 2.25. The zero-order chi connectivity index (χ0) is 18.6. The summed E-state index contributed by atoms with van der Waals surface area (Å²) in [6.07, 6.45) is 3.19. The van der Waals surface area contributed by atoms with Gasteiger partial charge in [-0.25, -0.2) is 8.42 Å². The van der Waals surface area contributed by atoms with Crippen LogP contribution in [0.25, 0.3) is 0 Å². The number of carbonyl (C=O) groups is 1. The van der Waals surface area contributed by atoms with Gasteiger partial charge in [0.05, 0.1) is 12.0 Å². The maximum absolute atomic E-state index is 12.8. The molecule has 1 aromatic rings. The van der Waals surface area contributed by atoms with Gasteiger partial charge in [0.15, 0.2) is 0 Å². The topological polar surface area (TPSA) is 87.7 Å². The molecule has 26 heavy (non-hydrogen) atoms. The first kappa shape index (κ1) is 19.1. The molecule has 2 fully saturated rings. The van der Waals surface area contributed by atoms with Gasteiger partial charge in [-0.2, -0.15) is 4.31 Å². The third-order valence-corrected chi connectivity index (χ3v) is 7.08. The van der Waals surface area contributed by atoms with Crippen LogP contribution >= 0.6 is 0 Å². The van der Waals surface area contributed by atoms with Crippen LogP contribution in [-0.4, -0.2) is 58.0 Å². The molecule has 144 valence electrons. The number of benzene rings is 1. The first-order valence-electron chi connectivity index (χ1n) is 9.16. The van der Waals surface area contributed by atoms with E-state index in [2.05, 4.69) is 10.6 Å². The van der Waals surface area contributed by atoms with E-state index in [9.17, 15) is 13.2 Å². The number of nitrogens with one attached hydrogen (secondary N) is 2. The fourth-order valence-corrected chi connectivity index (χ4v) is 5.02. The minimum atomic E-state index is -3.53. The highest BCUT2D eigenvalue weighted by molar-refractivity contribution is 7.89. The average Bonchev–Trinajstić information content (AvgIpc) is 2.69. The van der Waals surface area contributed by atoms with Crippen LogP contribution in [0.5, 0.6) is 5.75 Å². The minimum Gasteiger partial charge on any atom is -0.497 e. The van der Waals surface area contributed by atoms with Crippen molar-refractivity contribution in [1.29, 1.82) is 0 Å². The van der Waals surface area contributed by atoms with Gasteiger partial charge < -0.3 is 15.4 Å². The summed E-state index contributed by atoms with van der Waals surface area (Å²) in [7, 11) is -1.98. The van der Waals surface area contributed by atoms with E-state index in [0.717, 1.165) is 25.9 Å². The molecule has 0 saturated carbocycles. The van der Waals surface area contributed by atoms with Gasteiger partial charge in [-0.1, -0.05) is 0 Å². The summed E-state index contributed by atoms with van der Waals surface area (Å²) in [6, 6.07) is 6.60. The van der Waals surface area contributed by atoms with Crippen LogP contribution < -0.4 is 15.4 Å². The Kier molecular flexibility index (Phi) is 6.16. The van der Waals surface area contributed by atoms with Gasteiger partial charge in [-0.15, -0.1) is 0 Å². The highest BCUT2D eigenvalue weighted by Gasteiger charge is 2.32. The molecule has 8 heteroatoms. The predicted octanol–water partition coefficient (Wildman–Crippen LogP) is 0.964. The van der Waals surface area contributed by atoms with Crippen LogP contribution in [0.1, 0.15) is 25.7 Å². The van der Waals surface area contributed by atoms with Gasteiger partial charge in [0, 0.05) is 31.6 Å². The maximum Gasteiger partial charge on any atom is 0.243 e. The van der Waals surface area contributed by atoms with Crippen LogP contribution in [-0.2, 0) is 14.8 Å². The Hall–Kier alpha value is -1.64. The normalized spacial score (nSPS) is 22.7. The second-order valence-electron chi connectivity index (χ2n) is 6.91. The van der Waals surface area contributed by atoms with Crippen molar-refractivity contribution >= 4 is 15.9 Å². The van der Waals surface area contributed by atoms with Gasteiger partial charge in [0.25, 0.3) is 0 Å². The van der Waals surface area contributed by atoms with E-state index in [1.807, 2.05) is 0 Å². The van der Waals surface area contributed by atoms with Crippen LogP contribution in [0, 0.1) is 5.92 Å². The first-order chi connectivity index (χ1) is 12.5. The molecule has 1 aromatic carbocycles. The fraction of sp³-hybridized carbons (Fsp3) is 0.611. The lowest BCUT2D eigenvalue weighted by Crippen LogP contribution is -2.49. The predicted molar refractivity (Wildman–Crippen MR) is 98.5 cm³/mol. The van der Waals surface area contributed by atoms with Gasteiger partial charge in [-0.3, -0.25) is 4.79 Å². The summed E-state index contributed by atoms with van der Waals surface area (Å²) in [5.74, 6) is 0.566. The van der Waals surface area contributed by atoms with Crippen molar-refractivity contribution in [2.45, 2.75) is 36.6 Å². The Morgan fingerprint density at radius 3 is 2.46 bits per heavy atom. The molecular weight excluding hydrogens is 354 g/mol. The molecule has 2 saturated heterocycles. The smallest absolute Gasteiger partial charge is 0.243 e. The first-order valence-corrected chi connectivity index (χ1v) is 10.6. The van der Waals surface area contributed by atoms with Gasteiger partial charge in [-0.05, 0) is 56.5 Å². The second kappa shape index (κ2) is 8.37. The molecule has 0 aliphatic carbocycles. The van der Waals surface area contributed by atoms with Crippen molar-refractivity contribution < 1.29 is 17.9 Å². The number of ether oxygens (including phenoxy) is 1. The number of nitrogens with zero attached hydrogens (tertiary/aromatic N) is 1. The summed E-state index contributed by atoms with van der Waals surface area (Å²) in [5.41, 5.74) is 0. The molecule has 3 rings (SSSR count). The molecule has 0 spiro atoms. The number of hydrogen-bond acceptors (Lipinski definition) is 5. The summed E-state index contributed by atoms with van der Waals surface area (Å²) < 4.78 is 32.1. The number of piperidine rings is 2. The maximum atomic E-state index is 12.8. The lowest BCUT2D eigenvalue weighted by atomic mass is 9.96. The number of carbonyl (C=O) groups excluding carboxylic acids is 1. The lowest BCUT2D eigenvalue weighted by Gasteiger charge is -2.32. The lowest BCUT2D eigenvalue weighted by molar-refractivity contribution is -0.126. The van der Waals surface area contributed by atoms with E-state index in [1.165, 1.54) is 4.31 Å². The average molecular weight is 381 g/mol. The molecule has 1 amide bonds. The quantitative estimate of drug-likeness (QED) is 0.793. The number of methoxy groups -OCH3 is 1. The van der Waals surface area contributed by atoms with Crippen molar-refractivity contribution in [3.8, 4) is 5.75 Å². The summed E-state index contributed by atoms with van der Waals surface area (Å²) in [5, 5.41) is 6.39. The Labute approximate surface area is 155 Å². The molecule has 2 aliphatic rings. The van der Waals surface area contributed by atoms with E-state index in [0.29, 0.717) is 31.7 Å². The molecule has 2 heterocycles. The number of amides is 1. The van der Waals surface area contributed by atoms with Crippen LogP contribution in [0.2, 0.25) is 0 Å². The highest BCUT2D eigenvalue weighted by atomic mass is 32.2. The zero-order valence-corrected chi connectivity index (χ0v) is 15.9. The monoisotopic (exact) mass is 381 g/mol. The molecule has 0 radical (unpaired) electrons. The van der Waals surface area contributed by atoms with Crippen LogP contribution in [0.3, 0.4) is 0 Å². The molecular formula is C18H27N3O4S. The molecule has 0 unspecified atom stereocenters. The number of sulfonamides is 1. The molecule has 1 atom stereocenters. The SMILES string of the molecule is COc1ccc(S(=O)(=O)N2CCC(C(=O)N[C@H]3CCCNC3)CC2)cc1. The third-order valence-electron chi connectivity index (χ3n) is 5.17. The summed E-state index contributed by atoms with van der Waals surface area (Å²) >= 11 is 0. The fourth-order valence-electron chi connectivity index (χ4n) is 3.55. The molecule has 7 nitrogen and oxygen atoms in total. The minimum absolute atomic E-state index is 0.0557. The van der Waals surface area contributed by atoms with Crippen molar-refractivity contribution in [2.24, 2.45) is 5.92 Å². The van der Waals surface area contributed by atoms with Crippen molar-refractivity contribution in [2.75, 3.05) is 33.3 Å². The molecule has 0 bridgehead atoms.